The Labute approximate surface area is 184 Å². The normalized spacial score (nSPS) is 35.5. The molecular weight excluding hydrogens is 510 g/mol. The lowest BCUT2D eigenvalue weighted by molar-refractivity contribution is -0.807. The molecule has 0 bridgehead atoms. The molecule has 2 aliphatic rings. The van der Waals surface area contributed by atoms with Gasteiger partial charge in [0.2, 0.25) is 16.7 Å². The van der Waals surface area contributed by atoms with Crippen molar-refractivity contribution in [2.75, 3.05) is 6.61 Å². The Morgan fingerprint density at radius 2 is 1.79 bits per heavy atom. The van der Waals surface area contributed by atoms with E-state index in [0.717, 1.165) is 0 Å². The molecule has 33 heavy (non-hydrogen) atoms. The van der Waals surface area contributed by atoms with Crippen LogP contribution < -0.4 is 15.1 Å². The zero-order valence-electron chi connectivity index (χ0n) is 15.7. The molecule has 4 N–H and O–H groups in total. The predicted molar refractivity (Wildman–Crippen MR) is 84.0 cm³/mol. The second kappa shape index (κ2) is 10.8. The van der Waals surface area contributed by atoms with Crippen LogP contribution in [0.3, 0.4) is 0 Å². The Balaban J connectivity index is 2.41. The zero-order chi connectivity index (χ0) is 25.1. The minimum Gasteiger partial charge on any atom is -0.735 e. The van der Waals surface area contributed by atoms with Crippen molar-refractivity contribution >= 4 is 26.7 Å². The zero-order valence-corrected chi connectivity index (χ0v) is 17.3. The third-order valence-corrected chi connectivity index (χ3v) is 5.15. The van der Waals surface area contributed by atoms with Crippen LogP contribution in [0.25, 0.3) is 0 Å². The Hall–Kier alpha value is -1.57. The van der Waals surface area contributed by atoms with Crippen LogP contribution in [0.2, 0.25) is 0 Å². The molecule has 19 nitrogen and oxygen atoms in total. The van der Waals surface area contributed by atoms with Crippen molar-refractivity contribution < 1.29 is 84.7 Å². The first-order valence-corrected chi connectivity index (χ1v) is 11.1. The molecule has 3 unspecified atom stereocenters. The molecule has 1 saturated heterocycles. The monoisotopic (exact) mass is 525 g/mol. The van der Waals surface area contributed by atoms with E-state index < -0.39 is 88.2 Å². The van der Waals surface area contributed by atoms with E-state index in [0.29, 0.717) is 6.08 Å². The smallest absolute Gasteiger partial charge is 0.229 e. The fourth-order valence-electron chi connectivity index (χ4n) is 2.85. The van der Waals surface area contributed by atoms with Gasteiger partial charge < -0.3 is 53.8 Å². The Bertz CT molecular complexity index is 934. The highest BCUT2D eigenvalue weighted by Gasteiger charge is 2.51. The number of carbonyl (C=O) groups is 1. The molecular formula is C12H15NO18S2-4. The van der Waals surface area contributed by atoms with Crippen molar-refractivity contribution in [3.8, 4) is 0 Å². The molecule has 2 aliphatic heterocycles. The topological polar surface area (TPSA) is 306 Å². The summed E-state index contributed by atoms with van der Waals surface area (Å²) in [5, 5.41) is 54.5. The Morgan fingerprint density at radius 1 is 1.15 bits per heavy atom. The molecule has 0 aromatic heterocycles. The summed E-state index contributed by atoms with van der Waals surface area (Å²) in [5.41, 5.74) is 0. The molecule has 0 saturated carbocycles. The quantitative estimate of drug-likeness (QED) is 0.0890. The van der Waals surface area contributed by atoms with E-state index in [1.807, 2.05) is 0 Å². The molecule has 8 atom stereocenters. The number of carbonyl (C=O) groups excluding carboxylic acids is 1. The number of carboxylic acid groups (broad SMARTS) is 1. The van der Waals surface area contributed by atoms with E-state index in [2.05, 4.69) is 14.1 Å². The van der Waals surface area contributed by atoms with Gasteiger partial charge in [0.1, 0.15) is 48.3 Å². The molecule has 192 valence electrons. The van der Waals surface area contributed by atoms with Crippen LogP contribution in [0.1, 0.15) is 0 Å². The van der Waals surface area contributed by atoms with Crippen LogP contribution in [-0.4, -0.2) is 103 Å². The molecule has 21 heteroatoms. The summed E-state index contributed by atoms with van der Waals surface area (Å²) >= 11 is 0. The fourth-order valence-corrected chi connectivity index (χ4v) is 3.73. The van der Waals surface area contributed by atoms with Crippen LogP contribution in [0.15, 0.2) is 11.8 Å². The van der Waals surface area contributed by atoms with Crippen LogP contribution in [0.4, 0.5) is 0 Å². The number of aliphatic hydroxyl groups is 3. The van der Waals surface area contributed by atoms with Crippen molar-refractivity contribution in [1.82, 2.24) is 4.72 Å². The maximum Gasteiger partial charge on any atom is 0.229 e. The van der Waals surface area contributed by atoms with Crippen molar-refractivity contribution in [2.45, 2.75) is 49.1 Å². The summed E-state index contributed by atoms with van der Waals surface area (Å²) in [7, 11) is -10.8. The van der Waals surface area contributed by atoms with E-state index >= 15 is 0 Å². The summed E-state index contributed by atoms with van der Waals surface area (Å²) in [6.45, 7) is -1.28. The van der Waals surface area contributed by atoms with Crippen LogP contribution in [0, 0.1) is 0 Å². The van der Waals surface area contributed by atoms with Crippen LogP contribution >= 0.6 is 0 Å². The van der Waals surface area contributed by atoms with Gasteiger partial charge >= 0.3 is 0 Å². The number of aliphatic hydroxyl groups excluding tert-OH is 3. The first kappa shape index (κ1) is 27.7. The van der Waals surface area contributed by atoms with Gasteiger partial charge in [-0.05, 0) is 6.08 Å². The van der Waals surface area contributed by atoms with Crippen molar-refractivity contribution in [1.29, 1.82) is 0 Å². The lowest BCUT2D eigenvalue weighted by Crippen LogP contribution is -2.67. The van der Waals surface area contributed by atoms with Crippen molar-refractivity contribution in [3.63, 3.8) is 0 Å². The molecule has 0 spiro atoms. The molecule has 0 aromatic rings. The molecule has 2 heterocycles. The number of hydrogen-bond donors (Lipinski definition) is 4. The highest BCUT2D eigenvalue weighted by atomic mass is 32.3. The number of aliphatic carboxylic acids is 1. The van der Waals surface area contributed by atoms with Crippen molar-refractivity contribution in [3.05, 3.63) is 11.8 Å². The lowest BCUT2D eigenvalue weighted by Gasteiger charge is -2.46. The third-order valence-electron chi connectivity index (χ3n) is 4.16. The number of nitrogens with one attached hydrogen (secondary N) is 1. The molecule has 0 aliphatic carbocycles. The van der Waals surface area contributed by atoms with E-state index in [4.69, 9.17) is 14.2 Å². The number of rotatable bonds is 10. The van der Waals surface area contributed by atoms with E-state index in [9.17, 15) is 56.4 Å². The first-order chi connectivity index (χ1) is 15.1. The second-order valence-electron chi connectivity index (χ2n) is 6.37. The van der Waals surface area contributed by atoms with E-state index in [1.54, 1.807) is 0 Å². The maximum atomic E-state index is 11.1. The van der Waals surface area contributed by atoms with Gasteiger partial charge in [-0.15, -0.1) is 0 Å². The Kier molecular flexibility index (Phi) is 9.05. The summed E-state index contributed by atoms with van der Waals surface area (Å²) in [6.07, 6.45) is -14.3. The summed E-state index contributed by atoms with van der Waals surface area (Å²) < 4.78 is 85.6. The SMILES string of the molecule is O=C([O-])C1=C[C@H](O)C(O)[C@H](O[C@@H]2C(COS(=O)(=O)[O-])O[C@@H](O)C(NS(=O)(=O)[O-])[C@H]2OO[O-])O1. The second-order valence-corrected chi connectivity index (χ2v) is 8.57. The van der Waals surface area contributed by atoms with Gasteiger partial charge in [0.15, 0.2) is 16.6 Å². The van der Waals surface area contributed by atoms with Gasteiger partial charge in [0.25, 0.3) is 0 Å². The highest BCUT2D eigenvalue weighted by molar-refractivity contribution is 7.83. The average Bonchev–Trinajstić information content (AvgIpc) is 2.66. The van der Waals surface area contributed by atoms with Gasteiger partial charge in [0.05, 0.1) is 6.61 Å². The summed E-state index contributed by atoms with van der Waals surface area (Å²) in [6, 6.07) is -2.19. The standard InChI is InChI=1S/C12H19NO18S2/c14-3-1-4(10(16)17)28-12(7(3)15)29-8-5(2-26-33(23,24)25)27-11(18)6(9(8)30-31-19)13-32(20,21)22/h1,3,5-9,11-15,18-19H,2H2,(H,16,17)(H,20,21,22)(H,23,24,25)/p-4/t3-,5?,6?,7?,8+,9+,11+,12-/m0/s1. The van der Waals surface area contributed by atoms with Crippen LogP contribution in [-0.2, 0) is 53.8 Å². The van der Waals surface area contributed by atoms with E-state index in [-0.39, 0.29) is 0 Å². The summed E-state index contributed by atoms with van der Waals surface area (Å²) in [5.74, 6) is -3.02. The minimum atomic E-state index is -5.39. The van der Waals surface area contributed by atoms with Gasteiger partial charge in [-0.2, -0.15) is 0 Å². The van der Waals surface area contributed by atoms with Crippen molar-refractivity contribution in [2.24, 2.45) is 0 Å². The van der Waals surface area contributed by atoms with Gasteiger partial charge in [-0.1, -0.05) is 0 Å². The molecule has 1 fully saturated rings. The van der Waals surface area contributed by atoms with Gasteiger partial charge in [-0.25, -0.2) is 26.4 Å². The predicted octanol–water partition coefficient (Wildman–Crippen LogP) is -7.71. The Morgan fingerprint density at radius 3 is 2.30 bits per heavy atom. The van der Waals surface area contributed by atoms with Crippen LogP contribution in [0.5, 0.6) is 0 Å². The molecule has 0 aromatic carbocycles. The average molecular weight is 525 g/mol. The van der Waals surface area contributed by atoms with Gasteiger partial charge in [-0.3, -0.25) is 9.22 Å². The number of ether oxygens (including phenoxy) is 3. The largest absolute Gasteiger partial charge is 0.735 e. The highest BCUT2D eigenvalue weighted by Crippen LogP contribution is 2.30. The first-order valence-electron chi connectivity index (χ1n) is 8.36. The lowest BCUT2D eigenvalue weighted by atomic mass is 9.97. The minimum absolute atomic E-state index is 0.523. The number of carboxylic acids is 1. The van der Waals surface area contributed by atoms with E-state index in [1.165, 1.54) is 4.72 Å². The maximum absolute atomic E-state index is 11.1. The number of hydrogen-bond acceptors (Lipinski definition) is 18. The summed E-state index contributed by atoms with van der Waals surface area (Å²) in [4.78, 5) is 15.3. The molecule has 2 rings (SSSR count). The molecule has 0 amide bonds. The van der Waals surface area contributed by atoms with Gasteiger partial charge in [0, 0.05) is 0 Å². The third kappa shape index (κ3) is 7.72. The fraction of sp³-hybridized carbons (Fsp3) is 0.750. The molecule has 0 radical (unpaired) electrons.